The molecule has 2 rings (SSSR count). The summed E-state index contributed by atoms with van der Waals surface area (Å²) in [5.41, 5.74) is 1.07. The predicted octanol–water partition coefficient (Wildman–Crippen LogP) is 3.68. The lowest BCUT2D eigenvalue weighted by molar-refractivity contribution is -0.131. The summed E-state index contributed by atoms with van der Waals surface area (Å²) in [7, 11) is 0. The molecular weight excluding hydrogens is 466 g/mol. The Hall–Kier alpha value is -2.98. The number of aliphatic hydroxyl groups is 1. The smallest absolute Gasteiger partial charge is 0.339 e. The average molecular weight is 506 g/mol. The molecule has 0 saturated heterocycles. The number of rotatable bonds is 14. The number of carboxylic acid groups (broad SMARTS) is 1. The number of para-hydroxylation sites is 1. The van der Waals surface area contributed by atoms with Gasteiger partial charge < -0.3 is 34.5 Å². The number of benzene rings is 2. The highest BCUT2D eigenvalue weighted by atomic mass is 16.5. The fourth-order valence-electron chi connectivity index (χ4n) is 2.72. The quantitative estimate of drug-likeness (QED) is 0.200. The predicted molar refractivity (Wildman–Crippen MR) is 137 cm³/mol. The van der Waals surface area contributed by atoms with Crippen molar-refractivity contribution in [2.75, 3.05) is 26.4 Å². The summed E-state index contributed by atoms with van der Waals surface area (Å²) in [5, 5.41) is 21.7. The minimum Gasteiger partial charge on any atom is -0.491 e. The zero-order chi connectivity index (χ0) is 26.9. The molecule has 9 nitrogen and oxygen atoms in total. The molecule has 0 saturated carbocycles. The van der Waals surface area contributed by atoms with E-state index in [-0.39, 0.29) is 24.0 Å². The maximum absolute atomic E-state index is 10.6. The zero-order valence-corrected chi connectivity index (χ0v) is 21.7. The number of carbonyl (C=O) groups is 2. The highest BCUT2D eigenvalue weighted by Gasteiger charge is 2.11. The van der Waals surface area contributed by atoms with Gasteiger partial charge in [0.1, 0.15) is 29.8 Å². The van der Waals surface area contributed by atoms with Gasteiger partial charge in [0.2, 0.25) is 0 Å². The third kappa shape index (κ3) is 14.4. The van der Waals surface area contributed by atoms with Gasteiger partial charge in [0.15, 0.2) is 0 Å². The van der Waals surface area contributed by atoms with Crippen LogP contribution in [0.25, 0.3) is 0 Å². The second-order valence-corrected chi connectivity index (χ2v) is 8.54. The molecule has 0 amide bonds. The normalized spacial score (nSPS) is 11.6. The minimum atomic E-state index is -1.11. The largest absolute Gasteiger partial charge is 0.491 e. The Kier molecular flexibility index (Phi) is 15.1. The number of hydrogen-bond donors (Lipinski definition) is 3. The molecule has 0 radical (unpaired) electrons. The highest BCUT2D eigenvalue weighted by molar-refractivity contribution is 5.91. The minimum absolute atomic E-state index is 0.0160. The Morgan fingerprint density at radius 3 is 2.22 bits per heavy atom. The third-order valence-electron chi connectivity index (χ3n) is 4.45. The van der Waals surface area contributed by atoms with Crippen LogP contribution in [-0.4, -0.2) is 66.8 Å². The van der Waals surface area contributed by atoms with E-state index >= 15 is 0 Å². The van der Waals surface area contributed by atoms with Crippen LogP contribution in [0.4, 0.5) is 0 Å². The average Bonchev–Trinajstić information content (AvgIpc) is 2.82. The van der Waals surface area contributed by atoms with Gasteiger partial charge in [-0.15, -0.1) is 0 Å². The van der Waals surface area contributed by atoms with Crippen molar-refractivity contribution in [1.82, 2.24) is 5.32 Å². The number of carbonyl (C=O) groups excluding carboxylic acids is 1. The van der Waals surface area contributed by atoms with Crippen LogP contribution in [0.2, 0.25) is 0 Å². The van der Waals surface area contributed by atoms with Crippen molar-refractivity contribution in [3.05, 3.63) is 59.7 Å². The molecule has 1 unspecified atom stereocenters. The molecule has 2 aromatic rings. The zero-order valence-electron chi connectivity index (χ0n) is 21.7. The van der Waals surface area contributed by atoms with Crippen LogP contribution in [0.1, 0.15) is 50.5 Å². The van der Waals surface area contributed by atoms with Crippen LogP contribution in [-0.2, 0) is 20.9 Å². The standard InChI is InChI=1S/C18H31NO4.C9H8O4/c1-14(2)19-11-17(20)13-23-18-7-5-16(6-8-18)12-21-9-10-22-15(3)4;1-6(10)13-8-5-3-2-4-7(8)9(11)12/h5-8,14-15,17,19-20H,9-13H2,1-4H3;2-5H,1H3,(H,11,12). The molecule has 0 heterocycles. The number of carboxylic acids is 1. The Morgan fingerprint density at radius 2 is 1.64 bits per heavy atom. The van der Waals surface area contributed by atoms with Crippen LogP contribution < -0.4 is 14.8 Å². The molecule has 200 valence electrons. The van der Waals surface area contributed by atoms with Gasteiger partial charge in [-0.2, -0.15) is 0 Å². The lowest BCUT2D eigenvalue weighted by atomic mass is 10.2. The van der Waals surface area contributed by atoms with Gasteiger partial charge in [0, 0.05) is 19.5 Å². The molecule has 1 atom stereocenters. The second-order valence-electron chi connectivity index (χ2n) is 8.54. The summed E-state index contributed by atoms with van der Waals surface area (Å²) >= 11 is 0. The van der Waals surface area contributed by atoms with Crippen molar-refractivity contribution >= 4 is 11.9 Å². The molecule has 0 aliphatic heterocycles. The molecule has 3 N–H and O–H groups in total. The van der Waals surface area contributed by atoms with Crippen molar-refractivity contribution < 1.29 is 38.7 Å². The molecule has 0 aromatic heterocycles. The van der Waals surface area contributed by atoms with Gasteiger partial charge in [-0.25, -0.2) is 4.79 Å². The van der Waals surface area contributed by atoms with E-state index in [2.05, 4.69) is 10.1 Å². The SMILES string of the molecule is CC(=O)Oc1ccccc1C(=O)O.CC(C)NCC(O)COc1ccc(COCCOC(C)C)cc1. The Morgan fingerprint density at radius 1 is 0.972 bits per heavy atom. The summed E-state index contributed by atoms with van der Waals surface area (Å²) in [6, 6.07) is 14.1. The van der Waals surface area contributed by atoms with Gasteiger partial charge >= 0.3 is 11.9 Å². The highest BCUT2D eigenvalue weighted by Crippen LogP contribution is 2.17. The summed E-state index contributed by atoms with van der Waals surface area (Å²) in [6.45, 7) is 11.9. The van der Waals surface area contributed by atoms with E-state index in [9.17, 15) is 14.7 Å². The Bertz CT molecular complexity index is 899. The van der Waals surface area contributed by atoms with Crippen LogP contribution in [0.15, 0.2) is 48.5 Å². The monoisotopic (exact) mass is 505 g/mol. The molecule has 0 aliphatic rings. The summed E-state index contributed by atoms with van der Waals surface area (Å²) in [6.07, 6.45) is -0.275. The van der Waals surface area contributed by atoms with Crippen molar-refractivity contribution in [2.24, 2.45) is 0 Å². The maximum Gasteiger partial charge on any atom is 0.339 e. The molecule has 0 bridgehead atoms. The molecule has 0 spiro atoms. The second kappa shape index (κ2) is 17.4. The first-order valence-electron chi connectivity index (χ1n) is 11.9. The lowest BCUT2D eigenvalue weighted by Gasteiger charge is -2.15. The number of nitrogens with one attached hydrogen (secondary N) is 1. The number of ether oxygens (including phenoxy) is 4. The van der Waals surface area contributed by atoms with Crippen molar-refractivity contribution in [3.63, 3.8) is 0 Å². The summed E-state index contributed by atoms with van der Waals surface area (Å²) < 4.78 is 21.2. The fourth-order valence-corrected chi connectivity index (χ4v) is 2.72. The molecule has 0 aliphatic carbocycles. The van der Waals surface area contributed by atoms with Gasteiger partial charge in [-0.05, 0) is 43.7 Å². The van der Waals surface area contributed by atoms with Crippen LogP contribution in [0.5, 0.6) is 11.5 Å². The molecule has 0 fully saturated rings. The summed E-state index contributed by atoms with van der Waals surface area (Å²) in [5.74, 6) is -0.825. The van der Waals surface area contributed by atoms with Gasteiger partial charge in [-0.3, -0.25) is 4.79 Å². The topological polar surface area (TPSA) is 124 Å². The van der Waals surface area contributed by atoms with Crippen LogP contribution in [0, 0.1) is 0 Å². The van der Waals surface area contributed by atoms with Gasteiger partial charge in [-0.1, -0.05) is 38.1 Å². The van der Waals surface area contributed by atoms with Crippen molar-refractivity contribution in [3.8, 4) is 11.5 Å². The van der Waals surface area contributed by atoms with Crippen molar-refractivity contribution in [2.45, 2.75) is 59.5 Å². The first-order valence-corrected chi connectivity index (χ1v) is 11.9. The number of aromatic carboxylic acids is 1. The van der Waals surface area contributed by atoms with E-state index in [1.54, 1.807) is 12.1 Å². The Labute approximate surface area is 213 Å². The van der Waals surface area contributed by atoms with E-state index < -0.39 is 18.0 Å². The van der Waals surface area contributed by atoms with E-state index in [0.29, 0.717) is 32.4 Å². The fraction of sp³-hybridized carbons (Fsp3) is 0.481. The van der Waals surface area contributed by atoms with E-state index in [4.69, 9.17) is 19.3 Å². The lowest BCUT2D eigenvalue weighted by Crippen LogP contribution is -2.35. The van der Waals surface area contributed by atoms with Gasteiger partial charge in [0.25, 0.3) is 0 Å². The molecular formula is C27H39NO8. The van der Waals surface area contributed by atoms with E-state index in [1.165, 1.54) is 19.1 Å². The van der Waals surface area contributed by atoms with Crippen LogP contribution >= 0.6 is 0 Å². The number of hydrogen-bond acceptors (Lipinski definition) is 8. The molecule has 9 heteroatoms. The van der Waals surface area contributed by atoms with E-state index in [1.807, 2.05) is 52.0 Å². The maximum atomic E-state index is 10.6. The number of aliphatic hydroxyl groups excluding tert-OH is 1. The number of esters is 1. The molecule has 2 aromatic carbocycles. The van der Waals surface area contributed by atoms with Gasteiger partial charge in [0.05, 0.1) is 25.9 Å². The van der Waals surface area contributed by atoms with E-state index in [0.717, 1.165) is 11.3 Å². The first kappa shape index (κ1) is 31.1. The molecule has 36 heavy (non-hydrogen) atoms. The third-order valence-corrected chi connectivity index (χ3v) is 4.45. The first-order chi connectivity index (χ1) is 17.1. The van der Waals surface area contributed by atoms with Crippen molar-refractivity contribution in [1.29, 1.82) is 0 Å². The van der Waals surface area contributed by atoms with Crippen LogP contribution in [0.3, 0.4) is 0 Å². The Balaban J connectivity index is 0.000000420. The summed E-state index contributed by atoms with van der Waals surface area (Å²) in [4.78, 5) is 21.2.